The Kier molecular flexibility index (Phi) is 4.89. The number of piperidine rings is 1. The van der Waals surface area contributed by atoms with Crippen LogP contribution in [0.3, 0.4) is 0 Å². The van der Waals surface area contributed by atoms with Crippen LogP contribution < -0.4 is 14.8 Å². The van der Waals surface area contributed by atoms with Crippen LogP contribution in [0.2, 0.25) is 0 Å². The van der Waals surface area contributed by atoms with Crippen molar-refractivity contribution in [2.24, 2.45) is 0 Å². The highest BCUT2D eigenvalue weighted by atomic mass is 16.7. The van der Waals surface area contributed by atoms with Crippen molar-refractivity contribution in [1.29, 1.82) is 0 Å². The molecule has 0 saturated carbocycles. The van der Waals surface area contributed by atoms with Gasteiger partial charge in [-0.25, -0.2) is 4.98 Å². The quantitative estimate of drug-likeness (QED) is 0.846. The van der Waals surface area contributed by atoms with Crippen LogP contribution in [0, 0.1) is 0 Å². The summed E-state index contributed by atoms with van der Waals surface area (Å²) in [4.78, 5) is 17.9. The van der Waals surface area contributed by atoms with Gasteiger partial charge in [0, 0.05) is 38.2 Å². The molecule has 1 N–H and O–H groups in total. The Morgan fingerprint density at radius 2 is 2.07 bits per heavy atom. The van der Waals surface area contributed by atoms with E-state index >= 15 is 0 Å². The molecule has 3 aliphatic heterocycles. The Bertz CT molecular complexity index is 904. The van der Waals surface area contributed by atoms with E-state index in [-0.39, 0.29) is 18.8 Å². The van der Waals surface area contributed by atoms with Crippen molar-refractivity contribution in [2.75, 3.05) is 26.4 Å². The van der Waals surface area contributed by atoms with Gasteiger partial charge in [0.1, 0.15) is 12.4 Å². The number of benzene rings is 1. The number of carbonyl (C=O) groups is 1. The highest BCUT2D eigenvalue weighted by Crippen LogP contribution is 2.36. The van der Waals surface area contributed by atoms with E-state index in [2.05, 4.69) is 14.9 Å². The Morgan fingerprint density at radius 3 is 2.90 bits per heavy atom. The molecule has 0 unspecified atom stereocenters. The third kappa shape index (κ3) is 3.70. The molecule has 0 aliphatic carbocycles. The average molecular weight is 398 g/mol. The first kappa shape index (κ1) is 18.4. The third-order valence-electron chi connectivity index (χ3n) is 6.02. The van der Waals surface area contributed by atoms with Crippen molar-refractivity contribution in [3.05, 3.63) is 30.2 Å². The molecule has 4 heterocycles. The van der Waals surface area contributed by atoms with Crippen LogP contribution in [0.5, 0.6) is 11.5 Å². The molecule has 5 rings (SSSR count). The monoisotopic (exact) mass is 398 g/mol. The van der Waals surface area contributed by atoms with Crippen LogP contribution in [-0.4, -0.2) is 58.9 Å². The molecule has 1 aromatic carbocycles. The molecular weight excluding hydrogens is 372 g/mol. The molecule has 0 radical (unpaired) electrons. The maximum atomic E-state index is 11.5. The first-order valence-corrected chi connectivity index (χ1v) is 10.2. The van der Waals surface area contributed by atoms with E-state index in [4.69, 9.17) is 14.2 Å². The van der Waals surface area contributed by atoms with Gasteiger partial charge in [0.05, 0.1) is 24.5 Å². The van der Waals surface area contributed by atoms with Crippen molar-refractivity contribution in [2.45, 2.75) is 45.1 Å². The third-order valence-corrected chi connectivity index (χ3v) is 6.02. The number of imidazole rings is 1. The van der Waals surface area contributed by atoms with E-state index in [1.807, 2.05) is 29.3 Å². The fourth-order valence-corrected chi connectivity index (χ4v) is 4.29. The number of nitrogens with one attached hydrogen (secondary N) is 1. The first-order chi connectivity index (χ1) is 14.2. The lowest BCUT2D eigenvalue weighted by molar-refractivity contribution is -0.129. The van der Waals surface area contributed by atoms with Gasteiger partial charge < -0.3 is 29.0 Å². The van der Waals surface area contributed by atoms with Crippen molar-refractivity contribution in [1.82, 2.24) is 19.8 Å². The molecule has 1 amide bonds. The molecule has 3 aliphatic rings. The van der Waals surface area contributed by atoms with E-state index in [0.29, 0.717) is 12.6 Å². The van der Waals surface area contributed by atoms with Gasteiger partial charge in [0.15, 0.2) is 11.5 Å². The summed E-state index contributed by atoms with van der Waals surface area (Å²) in [7, 11) is 0. The first-order valence-electron chi connectivity index (χ1n) is 10.2. The Balaban J connectivity index is 1.22. The minimum Gasteiger partial charge on any atom is -0.454 e. The van der Waals surface area contributed by atoms with Crippen LogP contribution in [-0.2, 0) is 22.7 Å². The normalized spacial score (nSPS) is 21.3. The number of ether oxygens (including phenoxy) is 3. The summed E-state index contributed by atoms with van der Waals surface area (Å²) < 4.78 is 19.2. The van der Waals surface area contributed by atoms with Crippen molar-refractivity contribution in [3.63, 3.8) is 0 Å². The second kappa shape index (κ2) is 7.68. The highest BCUT2D eigenvalue weighted by molar-refractivity contribution is 5.73. The van der Waals surface area contributed by atoms with Gasteiger partial charge in [0.2, 0.25) is 12.7 Å². The molecule has 1 saturated heterocycles. The SMILES string of the molecule is CC(=O)N1CCC(NC[C@H]2Cn3c(-c4ccc5c(c4)OCO5)cnc3CO2)CC1. The number of hydrogen-bond donors (Lipinski definition) is 1. The molecule has 2 aromatic rings. The minimum atomic E-state index is 0.0929. The van der Waals surface area contributed by atoms with E-state index < -0.39 is 0 Å². The van der Waals surface area contributed by atoms with Crippen molar-refractivity contribution < 1.29 is 19.0 Å². The van der Waals surface area contributed by atoms with Gasteiger partial charge in [-0.15, -0.1) is 0 Å². The van der Waals surface area contributed by atoms with Crippen LogP contribution >= 0.6 is 0 Å². The van der Waals surface area contributed by atoms with E-state index in [0.717, 1.165) is 67.6 Å². The van der Waals surface area contributed by atoms with Crippen LogP contribution in [0.4, 0.5) is 0 Å². The van der Waals surface area contributed by atoms with E-state index in [1.165, 1.54) is 0 Å². The predicted molar refractivity (Wildman–Crippen MR) is 106 cm³/mol. The van der Waals surface area contributed by atoms with Crippen LogP contribution in [0.1, 0.15) is 25.6 Å². The molecule has 1 aromatic heterocycles. The second-order valence-electron chi connectivity index (χ2n) is 7.86. The number of rotatable bonds is 4. The fourth-order valence-electron chi connectivity index (χ4n) is 4.29. The zero-order chi connectivity index (χ0) is 19.8. The molecule has 0 bridgehead atoms. The smallest absolute Gasteiger partial charge is 0.231 e. The van der Waals surface area contributed by atoms with Crippen molar-refractivity contribution in [3.8, 4) is 22.8 Å². The lowest BCUT2D eigenvalue weighted by Gasteiger charge is -2.33. The average Bonchev–Trinajstić information content (AvgIpc) is 3.38. The highest BCUT2D eigenvalue weighted by Gasteiger charge is 2.26. The molecule has 154 valence electrons. The van der Waals surface area contributed by atoms with Gasteiger partial charge in [-0.05, 0) is 31.0 Å². The molecular formula is C21H26N4O4. The van der Waals surface area contributed by atoms with Gasteiger partial charge >= 0.3 is 0 Å². The van der Waals surface area contributed by atoms with Gasteiger partial charge in [-0.2, -0.15) is 0 Å². The maximum absolute atomic E-state index is 11.5. The number of nitrogens with zero attached hydrogens (tertiary/aromatic N) is 3. The number of likely N-dealkylation sites (tertiary alicyclic amines) is 1. The second-order valence-corrected chi connectivity index (χ2v) is 7.86. The lowest BCUT2D eigenvalue weighted by Crippen LogP contribution is -2.47. The predicted octanol–water partition coefficient (Wildman–Crippen LogP) is 1.78. The standard InChI is InChI=1S/C21H26N4O4/c1-14(26)24-6-4-16(5-7-24)22-9-17-11-25-18(10-23-21(25)12-27-17)15-2-3-19-20(8-15)29-13-28-19/h2-3,8,10,16-17,22H,4-7,9,11-13H2,1H3/t17-/m0/s1. The zero-order valence-electron chi connectivity index (χ0n) is 16.6. The lowest BCUT2D eigenvalue weighted by atomic mass is 10.0. The Morgan fingerprint density at radius 1 is 1.24 bits per heavy atom. The minimum absolute atomic E-state index is 0.0929. The molecule has 0 spiro atoms. The van der Waals surface area contributed by atoms with E-state index in [9.17, 15) is 4.79 Å². The Hall–Kier alpha value is -2.58. The summed E-state index contributed by atoms with van der Waals surface area (Å²) in [6.07, 6.45) is 3.98. The van der Waals surface area contributed by atoms with Gasteiger partial charge in [-0.3, -0.25) is 4.79 Å². The van der Waals surface area contributed by atoms with Crippen molar-refractivity contribution >= 4 is 5.91 Å². The summed E-state index contributed by atoms with van der Waals surface area (Å²) >= 11 is 0. The molecule has 1 atom stereocenters. The summed E-state index contributed by atoms with van der Waals surface area (Å²) in [5.41, 5.74) is 2.14. The topological polar surface area (TPSA) is 77.9 Å². The maximum Gasteiger partial charge on any atom is 0.231 e. The molecule has 29 heavy (non-hydrogen) atoms. The number of amides is 1. The molecule has 8 nitrogen and oxygen atoms in total. The van der Waals surface area contributed by atoms with Crippen LogP contribution in [0.15, 0.2) is 24.4 Å². The van der Waals surface area contributed by atoms with Gasteiger partial charge in [0.25, 0.3) is 0 Å². The van der Waals surface area contributed by atoms with E-state index in [1.54, 1.807) is 6.92 Å². The summed E-state index contributed by atoms with van der Waals surface area (Å²) in [5, 5.41) is 3.63. The molecule has 8 heteroatoms. The number of hydrogen-bond acceptors (Lipinski definition) is 6. The number of fused-ring (bicyclic) bond motifs is 2. The summed E-state index contributed by atoms with van der Waals surface area (Å²) in [6, 6.07) is 6.44. The zero-order valence-corrected chi connectivity index (χ0v) is 16.6. The number of aromatic nitrogens is 2. The number of carbonyl (C=O) groups excluding carboxylic acids is 1. The summed E-state index contributed by atoms with van der Waals surface area (Å²) in [5.74, 6) is 2.68. The largest absolute Gasteiger partial charge is 0.454 e. The van der Waals surface area contributed by atoms with Gasteiger partial charge in [-0.1, -0.05) is 0 Å². The van der Waals surface area contributed by atoms with Crippen LogP contribution in [0.25, 0.3) is 11.3 Å². The molecule has 1 fully saturated rings. The fraction of sp³-hybridized carbons (Fsp3) is 0.524. The Labute approximate surface area is 169 Å². The summed E-state index contributed by atoms with van der Waals surface area (Å²) in [6.45, 7) is 5.65.